The predicted octanol–water partition coefficient (Wildman–Crippen LogP) is 1.72. The predicted molar refractivity (Wildman–Crippen MR) is 63.3 cm³/mol. The normalized spacial score (nSPS) is 18.3. The minimum absolute atomic E-state index is 0.162. The van der Waals surface area contributed by atoms with Gasteiger partial charge in [0.2, 0.25) is 0 Å². The highest BCUT2D eigenvalue weighted by molar-refractivity contribution is 6.09. The fourth-order valence-electron chi connectivity index (χ4n) is 1.62. The van der Waals surface area contributed by atoms with Crippen LogP contribution in [0.2, 0.25) is 0 Å². The lowest BCUT2D eigenvalue weighted by Gasteiger charge is -2.26. The van der Waals surface area contributed by atoms with Crippen molar-refractivity contribution in [1.82, 2.24) is 4.90 Å². The fourth-order valence-corrected chi connectivity index (χ4v) is 1.62. The summed E-state index contributed by atoms with van der Waals surface area (Å²) in [4.78, 5) is 26.8. The van der Waals surface area contributed by atoms with Crippen molar-refractivity contribution in [2.24, 2.45) is 4.99 Å². The van der Waals surface area contributed by atoms with Crippen LogP contribution in [-0.4, -0.2) is 33.4 Å². The number of benzene rings is 1. The average molecular weight is 246 g/mol. The fraction of sp³-hybridized carbons (Fsp3) is 0.0833. The van der Waals surface area contributed by atoms with E-state index in [1.54, 1.807) is 30.3 Å². The molecular formula is C12H10N2O4. The Morgan fingerprint density at radius 2 is 1.83 bits per heavy atom. The van der Waals surface area contributed by atoms with Crippen molar-refractivity contribution in [3.05, 3.63) is 47.7 Å². The molecule has 0 fully saturated rings. The van der Waals surface area contributed by atoms with Gasteiger partial charge in [0.25, 0.3) is 0 Å². The van der Waals surface area contributed by atoms with Crippen LogP contribution in [0.4, 0.5) is 4.79 Å². The molecular weight excluding hydrogens is 236 g/mol. The maximum Gasteiger partial charge on any atom is 0.413 e. The Morgan fingerprint density at radius 3 is 2.39 bits per heavy atom. The summed E-state index contributed by atoms with van der Waals surface area (Å²) >= 11 is 0. The second kappa shape index (κ2) is 4.70. The molecule has 2 rings (SSSR count). The van der Waals surface area contributed by atoms with Crippen LogP contribution in [0, 0.1) is 0 Å². The molecule has 1 aromatic carbocycles. The summed E-state index contributed by atoms with van der Waals surface area (Å²) in [6.45, 7) is 0. The molecule has 1 aliphatic rings. The molecule has 1 amide bonds. The summed E-state index contributed by atoms with van der Waals surface area (Å²) in [5.74, 6) is -1.21. The second-order valence-electron chi connectivity index (χ2n) is 3.64. The van der Waals surface area contributed by atoms with Crippen molar-refractivity contribution in [3.63, 3.8) is 0 Å². The van der Waals surface area contributed by atoms with E-state index in [9.17, 15) is 9.59 Å². The topological polar surface area (TPSA) is 90.2 Å². The molecule has 0 aromatic heterocycles. The largest absolute Gasteiger partial charge is 0.478 e. The van der Waals surface area contributed by atoms with Crippen LogP contribution in [0.1, 0.15) is 11.7 Å². The molecule has 0 bridgehead atoms. The summed E-state index contributed by atoms with van der Waals surface area (Å²) < 4.78 is 0. The number of amides is 1. The van der Waals surface area contributed by atoms with Gasteiger partial charge in [-0.25, -0.2) is 9.59 Å². The molecule has 0 aliphatic carbocycles. The minimum Gasteiger partial charge on any atom is -0.478 e. The van der Waals surface area contributed by atoms with Crippen LogP contribution < -0.4 is 0 Å². The van der Waals surface area contributed by atoms with E-state index in [0.717, 1.165) is 11.1 Å². The maximum absolute atomic E-state index is 11.1. The molecule has 0 spiro atoms. The van der Waals surface area contributed by atoms with Gasteiger partial charge in [0, 0.05) is 12.4 Å². The van der Waals surface area contributed by atoms with Gasteiger partial charge in [0.05, 0.1) is 5.57 Å². The zero-order valence-electron chi connectivity index (χ0n) is 9.22. The first-order chi connectivity index (χ1) is 8.59. The van der Waals surface area contributed by atoms with Crippen molar-refractivity contribution in [2.45, 2.75) is 6.17 Å². The minimum atomic E-state index is -1.25. The summed E-state index contributed by atoms with van der Waals surface area (Å²) in [7, 11) is 0. The molecule has 0 radical (unpaired) electrons. The SMILES string of the molecule is O=C(O)C1=CN(C(=O)O)C(c2ccccc2)N=C1. The zero-order valence-corrected chi connectivity index (χ0v) is 9.22. The van der Waals surface area contributed by atoms with Gasteiger partial charge in [-0.3, -0.25) is 9.89 Å². The van der Waals surface area contributed by atoms with Gasteiger partial charge in [-0.1, -0.05) is 30.3 Å². The van der Waals surface area contributed by atoms with Crippen molar-refractivity contribution in [2.75, 3.05) is 0 Å². The van der Waals surface area contributed by atoms with Crippen molar-refractivity contribution >= 4 is 18.3 Å². The van der Waals surface area contributed by atoms with Gasteiger partial charge in [-0.15, -0.1) is 0 Å². The molecule has 18 heavy (non-hydrogen) atoms. The van der Waals surface area contributed by atoms with E-state index in [1.807, 2.05) is 0 Å². The van der Waals surface area contributed by atoms with Crippen molar-refractivity contribution < 1.29 is 19.8 Å². The first-order valence-electron chi connectivity index (χ1n) is 5.14. The highest BCUT2D eigenvalue weighted by Crippen LogP contribution is 2.25. The molecule has 2 N–H and O–H groups in total. The van der Waals surface area contributed by atoms with E-state index in [1.165, 1.54) is 6.21 Å². The number of hydrogen-bond acceptors (Lipinski definition) is 3. The first kappa shape index (κ1) is 11.8. The summed E-state index contributed by atoms with van der Waals surface area (Å²) in [6, 6.07) is 8.80. The van der Waals surface area contributed by atoms with E-state index < -0.39 is 18.2 Å². The van der Waals surface area contributed by atoms with E-state index in [-0.39, 0.29) is 5.57 Å². The summed E-state index contributed by atoms with van der Waals surface area (Å²) in [5.41, 5.74) is 0.515. The molecule has 0 saturated heterocycles. The molecule has 1 atom stereocenters. The Hall–Kier alpha value is -2.63. The second-order valence-corrected chi connectivity index (χ2v) is 3.64. The third kappa shape index (κ3) is 2.22. The monoisotopic (exact) mass is 246 g/mol. The Labute approximate surface area is 102 Å². The molecule has 6 nitrogen and oxygen atoms in total. The molecule has 92 valence electrons. The Bertz CT molecular complexity index is 536. The number of hydrogen-bond donors (Lipinski definition) is 2. The smallest absolute Gasteiger partial charge is 0.413 e. The highest BCUT2D eigenvalue weighted by atomic mass is 16.4. The van der Waals surface area contributed by atoms with Crippen LogP contribution in [0.15, 0.2) is 47.1 Å². The number of aliphatic imine (C=N–C) groups is 1. The van der Waals surface area contributed by atoms with E-state index in [4.69, 9.17) is 10.2 Å². The Kier molecular flexibility index (Phi) is 3.09. The highest BCUT2D eigenvalue weighted by Gasteiger charge is 2.26. The molecule has 1 heterocycles. The number of nitrogens with zero attached hydrogens (tertiary/aromatic N) is 2. The van der Waals surface area contributed by atoms with Gasteiger partial charge in [0.1, 0.15) is 0 Å². The number of carbonyl (C=O) groups is 2. The summed E-state index contributed by atoms with van der Waals surface area (Å²) in [6.07, 6.45) is 0.237. The van der Waals surface area contributed by atoms with E-state index in [2.05, 4.69) is 4.99 Å². The van der Waals surface area contributed by atoms with Crippen LogP contribution in [-0.2, 0) is 4.79 Å². The Balaban J connectivity index is 2.37. The number of aliphatic carboxylic acids is 1. The quantitative estimate of drug-likeness (QED) is 0.831. The standard InChI is InChI=1S/C12H10N2O4/c15-11(16)9-6-13-10(14(7-9)12(17)18)8-4-2-1-3-5-8/h1-7,10H,(H,15,16)(H,17,18). The summed E-state index contributed by atoms with van der Waals surface area (Å²) in [5, 5.41) is 17.9. The van der Waals surface area contributed by atoms with Crippen LogP contribution in [0.3, 0.4) is 0 Å². The Morgan fingerprint density at radius 1 is 1.17 bits per heavy atom. The van der Waals surface area contributed by atoms with Crippen molar-refractivity contribution in [3.8, 4) is 0 Å². The third-order valence-corrected chi connectivity index (χ3v) is 2.46. The lowest BCUT2D eigenvalue weighted by Crippen LogP contribution is -2.31. The van der Waals surface area contributed by atoms with Crippen LogP contribution in [0.25, 0.3) is 0 Å². The number of carboxylic acid groups (broad SMARTS) is 2. The zero-order chi connectivity index (χ0) is 13.1. The van der Waals surface area contributed by atoms with Crippen molar-refractivity contribution in [1.29, 1.82) is 0 Å². The van der Waals surface area contributed by atoms with Gasteiger partial charge < -0.3 is 10.2 Å². The molecule has 1 aliphatic heterocycles. The van der Waals surface area contributed by atoms with Gasteiger partial charge in [0.15, 0.2) is 6.17 Å². The van der Waals surface area contributed by atoms with Crippen LogP contribution in [0.5, 0.6) is 0 Å². The van der Waals surface area contributed by atoms with Crippen LogP contribution >= 0.6 is 0 Å². The lowest BCUT2D eigenvalue weighted by molar-refractivity contribution is -0.132. The first-order valence-corrected chi connectivity index (χ1v) is 5.14. The molecule has 0 saturated carbocycles. The maximum atomic E-state index is 11.1. The number of rotatable bonds is 2. The number of carboxylic acids is 1. The van der Waals surface area contributed by atoms with E-state index >= 15 is 0 Å². The van der Waals surface area contributed by atoms with Gasteiger partial charge in [-0.2, -0.15) is 0 Å². The molecule has 6 heteroatoms. The van der Waals surface area contributed by atoms with Gasteiger partial charge in [-0.05, 0) is 5.56 Å². The lowest BCUT2D eigenvalue weighted by atomic mass is 10.1. The molecule has 1 unspecified atom stereocenters. The third-order valence-electron chi connectivity index (χ3n) is 2.46. The average Bonchev–Trinajstić information content (AvgIpc) is 2.39. The molecule has 1 aromatic rings. The van der Waals surface area contributed by atoms with E-state index in [0.29, 0.717) is 5.56 Å². The van der Waals surface area contributed by atoms with Gasteiger partial charge >= 0.3 is 12.1 Å².